The van der Waals surface area contributed by atoms with Gasteiger partial charge in [-0.05, 0) is 51.5 Å². The third-order valence-electron chi connectivity index (χ3n) is 5.74. The molecule has 6 heteroatoms. The van der Waals surface area contributed by atoms with Crippen molar-refractivity contribution >= 4 is 29.9 Å². The van der Waals surface area contributed by atoms with Crippen LogP contribution in [0.4, 0.5) is 0 Å². The fourth-order valence-corrected chi connectivity index (χ4v) is 3.89. The number of hydrogen-bond donors (Lipinski definition) is 3. The molecule has 2 fully saturated rings. The Labute approximate surface area is 181 Å². The van der Waals surface area contributed by atoms with Gasteiger partial charge in [0.25, 0.3) is 0 Å². The van der Waals surface area contributed by atoms with Crippen molar-refractivity contribution in [3.05, 3.63) is 35.9 Å². The summed E-state index contributed by atoms with van der Waals surface area (Å²) in [5.74, 6) is 0.849. The first-order valence-electron chi connectivity index (χ1n) is 10.1. The summed E-state index contributed by atoms with van der Waals surface area (Å²) in [5.41, 5.74) is 0.823. The Balaban J connectivity index is 0.00000261. The molecule has 0 aromatic heterocycles. The molecule has 152 valence electrons. The van der Waals surface area contributed by atoms with E-state index in [0.29, 0.717) is 18.6 Å². The fourth-order valence-electron chi connectivity index (χ4n) is 3.89. The molecule has 2 unspecified atom stereocenters. The topological polar surface area (TPSA) is 59.9 Å². The zero-order chi connectivity index (χ0) is 18.4. The van der Waals surface area contributed by atoms with Crippen LogP contribution in [0.5, 0.6) is 0 Å². The summed E-state index contributed by atoms with van der Waals surface area (Å²) >= 11 is 0. The van der Waals surface area contributed by atoms with Gasteiger partial charge < -0.3 is 15.7 Å². The van der Waals surface area contributed by atoms with Crippen LogP contribution in [0.2, 0.25) is 0 Å². The maximum atomic E-state index is 10.3. The van der Waals surface area contributed by atoms with Crippen molar-refractivity contribution in [1.29, 1.82) is 0 Å². The third kappa shape index (κ3) is 6.61. The van der Waals surface area contributed by atoms with Gasteiger partial charge in [0.2, 0.25) is 0 Å². The molecule has 1 aromatic carbocycles. The van der Waals surface area contributed by atoms with E-state index in [1.54, 1.807) is 0 Å². The van der Waals surface area contributed by atoms with Gasteiger partial charge in [-0.1, -0.05) is 30.3 Å². The molecule has 3 N–H and O–H groups in total. The van der Waals surface area contributed by atoms with Gasteiger partial charge in [-0.3, -0.25) is 9.89 Å². The van der Waals surface area contributed by atoms with Crippen molar-refractivity contribution < 1.29 is 5.11 Å². The first kappa shape index (κ1) is 22.4. The Morgan fingerprint density at radius 3 is 2.63 bits per heavy atom. The van der Waals surface area contributed by atoms with Gasteiger partial charge in [0.15, 0.2) is 5.96 Å². The molecule has 1 heterocycles. The average Bonchev–Trinajstić information content (AvgIpc) is 2.61. The van der Waals surface area contributed by atoms with Crippen LogP contribution in [0.3, 0.4) is 0 Å². The molecule has 0 bridgehead atoms. The summed E-state index contributed by atoms with van der Waals surface area (Å²) < 4.78 is 0. The summed E-state index contributed by atoms with van der Waals surface area (Å²) in [4.78, 5) is 7.21. The van der Waals surface area contributed by atoms with Gasteiger partial charge in [0, 0.05) is 31.7 Å². The van der Waals surface area contributed by atoms with Crippen LogP contribution in [0.1, 0.15) is 51.5 Å². The van der Waals surface area contributed by atoms with Gasteiger partial charge in [-0.15, -0.1) is 24.0 Å². The van der Waals surface area contributed by atoms with Crippen LogP contribution >= 0.6 is 24.0 Å². The number of hydrogen-bond acceptors (Lipinski definition) is 3. The highest BCUT2D eigenvalue weighted by atomic mass is 127. The van der Waals surface area contributed by atoms with Gasteiger partial charge in [-0.2, -0.15) is 0 Å². The maximum absolute atomic E-state index is 10.3. The minimum Gasteiger partial charge on any atom is -0.388 e. The second-order valence-electron chi connectivity index (χ2n) is 7.94. The van der Waals surface area contributed by atoms with Crippen molar-refractivity contribution in [1.82, 2.24) is 15.5 Å². The van der Waals surface area contributed by atoms with Crippen LogP contribution < -0.4 is 10.6 Å². The van der Waals surface area contributed by atoms with Gasteiger partial charge in [-0.25, -0.2) is 0 Å². The average molecular weight is 486 g/mol. The van der Waals surface area contributed by atoms with E-state index in [-0.39, 0.29) is 24.0 Å². The van der Waals surface area contributed by atoms with Gasteiger partial charge in [0.1, 0.15) is 0 Å². The monoisotopic (exact) mass is 486 g/mol. The van der Waals surface area contributed by atoms with Crippen molar-refractivity contribution in [3.63, 3.8) is 0 Å². The molecule has 1 saturated heterocycles. The molecule has 1 saturated carbocycles. The highest BCUT2D eigenvalue weighted by Crippen LogP contribution is 2.31. The lowest BCUT2D eigenvalue weighted by Gasteiger charge is -2.39. The largest absolute Gasteiger partial charge is 0.388 e. The summed E-state index contributed by atoms with van der Waals surface area (Å²) in [6, 6.07) is 11.7. The van der Waals surface area contributed by atoms with Crippen LogP contribution in [0.15, 0.2) is 35.3 Å². The Bertz CT molecular complexity index is 591. The predicted octanol–water partition coefficient (Wildman–Crippen LogP) is 3.13. The molecule has 5 nitrogen and oxygen atoms in total. The minimum absolute atomic E-state index is 0. The zero-order valence-electron chi connectivity index (χ0n) is 16.7. The SMILES string of the molecule is CCNC(=NCC1(O)CCC1)NC1CCN(Cc2ccccc2)C(C)C1.I. The molecule has 2 atom stereocenters. The Morgan fingerprint density at radius 1 is 1.30 bits per heavy atom. The Kier molecular flexibility index (Phi) is 8.82. The number of benzene rings is 1. The smallest absolute Gasteiger partial charge is 0.191 e. The number of guanidine groups is 1. The van der Waals surface area contributed by atoms with Gasteiger partial charge in [0.05, 0.1) is 12.1 Å². The lowest BCUT2D eigenvalue weighted by atomic mass is 9.80. The van der Waals surface area contributed by atoms with E-state index in [1.807, 2.05) is 0 Å². The van der Waals surface area contributed by atoms with Crippen molar-refractivity contribution in [2.75, 3.05) is 19.6 Å². The second kappa shape index (κ2) is 10.6. The zero-order valence-corrected chi connectivity index (χ0v) is 19.0. The van der Waals surface area contributed by atoms with E-state index in [2.05, 4.69) is 64.7 Å². The van der Waals surface area contributed by atoms with E-state index in [1.165, 1.54) is 5.56 Å². The molecule has 1 aromatic rings. The third-order valence-corrected chi connectivity index (χ3v) is 5.74. The normalized spacial score (nSPS) is 25.2. The number of nitrogens with zero attached hydrogens (tertiary/aromatic N) is 2. The second-order valence-corrected chi connectivity index (χ2v) is 7.94. The van der Waals surface area contributed by atoms with Crippen LogP contribution in [0, 0.1) is 0 Å². The Morgan fingerprint density at radius 2 is 2.04 bits per heavy atom. The van der Waals surface area contributed by atoms with Crippen LogP contribution in [-0.2, 0) is 6.54 Å². The van der Waals surface area contributed by atoms with Crippen molar-refractivity contribution in [2.45, 2.75) is 70.2 Å². The fraction of sp³-hybridized carbons (Fsp3) is 0.667. The van der Waals surface area contributed by atoms with E-state index in [0.717, 1.165) is 57.7 Å². The number of aliphatic hydroxyl groups is 1. The lowest BCUT2D eigenvalue weighted by molar-refractivity contribution is -0.0236. The number of halogens is 1. The summed E-state index contributed by atoms with van der Waals surface area (Å²) in [7, 11) is 0. The van der Waals surface area contributed by atoms with Crippen LogP contribution in [-0.4, -0.2) is 53.3 Å². The van der Waals surface area contributed by atoms with E-state index < -0.39 is 5.60 Å². The lowest BCUT2D eigenvalue weighted by Crippen LogP contribution is -2.51. The first-order chi connectivity index (χ1) is 12.6. The summed E-state index contributed by atoms with van der Waals surface area (Å²) in [6.07, 6.45) is 5.11. The van der Waals surface area contributed by atoms with E-state index in [4.69, 9.17) is 0 Å². The molecule has 0 radical (unpaired) electrons. The number of piperidine rings is 1. The first-order valence-corrected chi connectivity index (χ1v) is 10.1. The maximum Gasteiger partial charge on any atom is 0.191 e. The molecule has 2 aliphatic rings. The molecule has 0 amide bonds. The standard InChI is InChI=1S/C21H34N4O.HI/c1-3-22-20(23-16-21(26)11-7-12-21)24-19-10-13-25(17(2)14-19)15-18-8-5-4-6-9-18;/h4-6,8-9,17,19,26H,3,7,10-16H2,1-2H3,(H2,22,23,24);1H. The highest BCUT2D eigenvalue weighted by molar-refractivity contribution is 14.0. The number of rotatable bonds is 6. The van der Waals surface area contributed by atoms with E-state index >= 15 is 0 Å². The Hall–Kier alpha value is -0.860. The molecule has 27 heavy (non-hydrogen) atoms. The molecular weight excluding hydrogens is 451 g/mol. The number of likely N-dealkylation sites (tertiary alicyclic amines) is 1. The van der Waals surface area contributed by atoms with Crippen molar-refractivity contribution in [3.8, 4) is 0 Å². The molecule has 1 aliphatic carbocycles. The quantitative estimate of drug-likeness (QED) is 0.329. The number of aliphatic imine (C=N–C) groups is 1. The molecule has 3 rings (SSSR count). The summed E-state index contributed by atoms with van der Waals surface area (Å²) in [6.45, 7) is 7.86. The minimum atomic E-state index is -0.561. The van der Waals surface area contributed by atoms with Crippen molar-refractivity contribution in [2.24, 2.45) is 4.99 Å². The molecule has 0 spiro atoms. The summed E-state index contributed by atoms with van der Waals surface area (Å²) in [5, 5.41) is 17.2. The highest BCUT2D eigenvalue weighted by Gasteiger charge is 2.34. The predicted molar refractivity (Wildman–Crippen MR) is 123 cm³/mol. The van der Waals surface area contributed by atoms with Crippen LogP contribution in [0.25, 0.3) is 0 Å². The molecular formula is C21H35IN4O. The van der Waals surface area contributed by atoms with E-state index in [9.17, 15) is 5.11 Å². The molecule has 1 aliphatic heterocycles. The number of nitrogens with one attached hydrogen (secondary N) is 2. The van der Waals surface area contributed by atoms with Gasteiger partial charge >= 0.3 is 0 Å².